The highest BCUT2D eigenvalue weighted by atomic mass is 32.2. The van der Waals surface area contributed by atoms with E-state index in [1.807, 2.05) is 0 Å². The number of ether oxygens (including phenoxy) is 1. The Kier molecular flexibility index (Phi) is 3.60. The quantitative estimate of drug-likeness (QED) is 0.790. The number of aromatic nitrogens is 2. The minimum absolute atomic E-state index is 0.0435. The summed E-state index contributed by atoms with van der Waals surface area (Å²) in [6.07, 6.45) is 1.81. The van der Waals surface area contributed by atoms with Crippen LogP contribution >= 0.6 is 0 Å². The third kappa shape index (κ3) is 2.50. The second-order valence-electron chi connectivity index (χ2n) is 4.41. The number of hydrogen-bond acceptors (Lipinski definition) is 5. The number of nitrogens with two attached hydrogens (primary N) is 1. The van der Waals surface area contributed by atoms with Crippen molar-refractivity contribution in [2.45, 2.75) is 30.8 Å². The van der Waals surface area contributed by atoms with Crippen LogP contribution < -0.4 is 10.5 Å². The highest BCUT2D eigenvalue weighted by Crippen LogP contribution is 2.21. The molecule has 1 aromatic rings. The van der Waals surface area contributed by atoms with Crippen molar-refractivity contribution < 1.29 is 13.2 Å². The maximum absolute atomic E-state index is 12.1. The Morgan fingerprint density at radius 1 is 1.61 bits per heavy atom. The van der Waals surface area contributed by atoms with Crippen LogP contribution in [0.25, 0.3) is 0 Å². The number of hydrogen-bond donors (Lipinski definition) is 2. The molecule has 1 aromatic heterocycles. The van der Waals surface area contributed by atoms with Crippen LogP contribution in [0.1, 0.15) is 18.5 Å². The van der Waals surface area contributed by atoms with Crippen LogP contribution in [0.4, 0.5) is 5.82 Å². The van der Waals surface area contributed by atoms with Crippen molar-refractivity contribution >= 4 is 15.8 Å². The smallest absolute Gasteiger partial charge is 0.246 e. The van der Waals surface area contributed by atoms with Crippen LogP contribution in [0, 0.1) is 6.92 Å². The van der Waals surface area contributed by atoms with Crippen LogP contribution in [0.15, 0.2) is 4.90 Å². The van der Waals surface area contributed by atoms with E-state index in [9.17, 15) is 8.42 Å². The van der Waals surface area contributed by atoms with Gasteiger partial charge in [-0.05, 0) is 19.8 Å². The van der Waals surface area contributed by atoms with Crippen molar-refractivity contribution in [3.63, 3.8) is 0 Å². The van der Waals surface area contributed by atoms with Crippen molar-refractivity contribution in [3.05, 3.63) is 5.69 Å². The zero-order valence-electron chi connectivity index (χ0n) is 10.5. The summed E-state index contributed by atoms with van der Waals surface area (Å²) >= 11 is 0. The maximum Gasteiger partial charge on any atom is 0.246 e. The standard InChI is InChI=1S/C10H18N4O3S/c1-7-9(10(11)14(2)13-7)18(15,16)12-6-8-4-3-5-17-8/h8,12H,3-6,11H2,1-2H3. The third-order valence-corrected chi connectivity index (χ3v) is 4.59. The van der Waals surface area contributed by atoms with Gasteiger partial charge in [-0.25, -0.2) is 13.1 Å². The summed E-state index contributed by atoms with van der Waals surface area (Å²) in [6, 6.07) is 0. The molecule has 1 aliphatic rings. The Labute approximate surface area is 106 Å². The number of nitrogens with one attached hydrogen (secondary N) is 1. The van der Waals surface area contributed by atoms with Gasteiger partial charge in [0.05, 0.1) is 11.8 Å². The van der Waals surface area contributed by atoms with E-state index < -0.39 is 10.0 Å². The first kappa shape index (κ1) is 13.3. The number of rotatable bonds is 4. The zero-order valence-corrected chi connectivity index (χ0v) is 11.3. The molecule has 0 bridgehead atoms. The summed E-state index contributed by atoms with van der Waals surface area (Å²) in [5.74, 6) is 0.146. The summed E-state index contributed by atoms with van der Waals surface area (Å²) in [7, 11) is -2.01. The second-order valence-corrected chi connectivity index (χ2v) is 6.11. The number of nitrogen functional groups attached to an aromatic ring is 1. The molecule has 0 amide bonds. The minimum atomic E-state index is -3.63. The molecule has 7 nitrogen and oxygen atoms in total. The first-order valence-electron chi connectivity index (χ1n) is 5.82. The lowest BCUT2D eigenvalue weighted by Crippen LogP contribution is -2.32. The van der Waals surface area contributed by atoms with Gasteiger partial charge in [-0.1, -0.05) is 0 Å². The number of aryl methyl sites for hydroxylation is 2. The molecule has 102 valence electrons. The molecule has 2 heterocycles. The van der Waals surface area contributed by atoms with Crippen molar-refractivity contribution in [1.82, 2.24) is 14.5 Å². The predicted molar refractivity (Wildman–Crippen MR) is 66.5 cm³/mol. The van der Waals surface area contributed by atoms with E-state index in [1.54, 1.807) is 14.0 Å². The van der Waals surface area contributed by atoms with Crippen LogP contribution in [0.2, 0.25) is 0 Å². The maximum atomic E-state index is 12.1. The minimum Gasteiger partial charge on any atom is -0.383 e. The molecule has 1 aliphatic heterocycles. The number of anilines is 1. The summed E-state index contributed by atoms with van der Waals surface area (Å²) in [5, 5.41) is 4.00. The molecular formula is C10H18N4O3S. The fraction of sp³-hybridized carbons (Fsp3) is 0.700. The van der Waals surface area contributed by atoms with Gasteiger partial charge in [-0.2, -0.15) is 5.10 Å². The molecule has 0 aromatic carbocycles. The second kappa shape index (κ2) is 4.87. The highest BCUT2D eigenvalue weighted by molar-refractivity contribution is 7.89. The molecule has 0 aliphatic carbocycles. The molecule has 0 radical (unpaired) electrons. The van der Waals surface area contributed by atoms with Gasteiger partial charge in [-0.15, -0.1) is 0 Å². The zero-order chi connectivity index (χ0) is 13.3. The summed E-state index contributed by atoms with van der Waals surface area (Å²) < 4.78 is 33.5. The Bertz CT molecular complexity index is 532. The molecule has 1 unspecified atom stereocenters. The van der Waals surface area contributed by atoms with E-state index in [1.165, 1.54) is 4.68 Å². The fourth-order valence-corrected chi connectivity index (χ4v) is 3.46. The van der Waals surface area contributed by atoms with Gasteiger partial charge >= 0.3 is 0 Å². The lowest BCUT2D eigenvalue weighted by atomic mass is 10.2. The van der Waals surface area contributed by atoms with Gasteiger partial charge in [0.2, 0.25) is 10.0 Å². The Morgan fingerprint density at radius 3 is 2.83 bits per heavy atom. The van der Waals surface area contributed by atoms with Gasteiger partial charge in [-0.3, -0.25) is 4.68 Å². The molecule has 1 saturated heterocycles. The lowest BCUT2D eigenvalue weighted by molar-refractivity contribution is 0.114. The van der Waals surface area contributed by atoms with E-state index >= 15 is 0 Å². The van der Waals surface area contributed by atoms with Crippen LogP contribution in [-0.4, -0.2) is 37.5 Å². The summed E-state index contributed by atoms with van der Waals surface area (Å²) in [4.78, 5) is 0.0583. The first-order chi connectivity index (χ1) is 8.42. The van der Waals surface area contributed by atoms with Crippen LogP contribution in [0.5, 0.6) is 0 Å². The SMILES string of the molecule is Cc1nn(C)c(N)c1S(=O)(=O)NCC1CCCO1. The molecular weight excluding hydrogens is 256 g/mol. The average molecular weight is 274 g/mol. The monoisotopic (exact) mass is 274 g/mol. The fourth-order valence-electron chi connectivity index (χ4n) is 2.07. The molecule has 1 fully saturated rings. The molecule has 18 heavy (non-hydrogen) atoms. The van der Waals surface area contributed by atoms with Crippen LogP contribution in [0.3, 0.4) is 0 Å². The van der Waals surface area contributed by atoms with Gasteiger partial charge in [0.1, 0.15) is 10.7 Å². The van der Waals surface area contributed by atoms with Crippen molar-refractivity contribution in [2.75, 3.05) is 18.9 Å². The molecule has 1 atom stereocenters. The van der Waals surface area contributed by atoms with Gasteiger partial charge in [0.15, 0.2) is 0 Å². The number of sulfonamides is 1. The van der Waals surface area contributed by atoms with Gasteiger partial charge < -0.3 is 10.5 Å². The van der Waals surface area contributed by atoms with E-state index in [-0.39, 0.29) is 23.4 Å². The van der Waals surface area contributed by atoms with Crippen molar-refractivity contribution in [1.29, 1.82) is 0 Å². The predicted octanol–water partition coefficient (Wildman–Crippen LogP) is -0.232. The van der Waals surface area contributed by atoms with Gasteiger partial charge in [0, 0.05) is 20.2 Å². The lowest BCUT2D eigenvalue weighted by Gasteiger charge is -2.11. The number of nitrogens with zero attached hydrogens (tertiary/aromatic N) is 2. The Morgan fingerprint density at radius 2 is 2.33 bits per heavy atom. The van der Waals surface area contributed by atoms with Gasteiger partial charge in [0.25, 0.3) is 0 Å². The molecule has 3 N–H and O–H groups in total. The van der Waals surface area contributed by atoms with E-state index in [0.29, 0.717) is 12.3 Å². The largest absolute Gasteiger partial charge is 0.383 e. The van der Waals surface area contributed by atoms with E-state index in [0.717, 1.165) is 12.8 Å². The Hall–Kier alpha value is -1.12. The first-order valence-corrected chi connectivity index (χ1v) is 7.30. The van der Waals surface area contributed by atoms with E-state index in [4.69, 9.17) is 10.5 Å². The van der Waals surface area contributed by atoms with Crippen molar-refractivity contribution in [3.8, 4) is 0 Å². The van der Waals surface area contributed by atoms with Crippen LogP contribution in [-0.2, 0) is 21.8 Å². The average Bonchev–Trinajstić information content (AvgIpc) is 2.86. The third-order valence-electron chi connectivity index (χ3n) is 3.00. The normalized spacial score (nSPS) is 20.4. The molecule has 0 spiro atoms. The Balaban J connectivity index is 2.14. The highest BCUT2D eigenvalue weighted by Gasteiger charge is 2.26. The molecule has 8 heteroatoms. The summed E-state index contributed by atoms with van der Waals surface area (Å²) in [6.45, 7) is 2.59. The topological polar surface area (TPSA) is 99.2 Å². The van der Waals surface area contributed by atoms with E-state index in [2.05, 4.69) is 9.82 Å². The molecule has 2 rings (SSSR count). The van der Waals surface area contributed by atoms with Crippen molar-refractivity contribution in [2.24, 2.45) is 7.05 Å². The molecule has 0 saturated carbocycles. The summed E-state index contributed by atoms with van der Waals surface area (Å²) in [5.41, 5.74) is 6.12.